The molecule has 0 saturated carbocycles. The monoisotopic (exact) mass is 430 g/mol. The van der Waals surface area contributed by atoms with E-state index in [9.17, 15) is 9.59 Å². The summed E-state index contributed by atoms with van der Waals surface area (Å²) in [6.45, 7) is 6.09. The highest BCUT2D eigenvalue weighted by Crippen LogP contribution is 2.26. The zero-order valence-electron chi connectivity index (χ0n) is 17.9. The summed E-state index contributed by atoms with van der Waals surface area (Å²) in [5.41, 5.74) is 1.37. The second kappa shape index (κ2) is 8.46. The Balaban J connectivity index is 1.59. The van der Waals surface area contributed by atoms with Crippen LogP contribution in [0.15, 0.2) is 71.6 Å². The molecule has 0 aliphatic carbocycles. The largest absolute Gasteiger partial charge is 0.459 e. The number of anilines is 2. The maximum Gasteiger partial charge on any atom is 0.291 e. The SMILES string of the molecule is CC(C)(C)c1cc(NC(=O)c2cccc(NC(=O)c3ccco3)c2)n(-c2ncccn2)n1. The zero-order valence-corrected chi connectivity index (χ0v) is 17.9. The summed E-state index contributed by atoms with van der Waals surface area (Å²) >= 11 is 0. The molecule has 162 valence electrons. The fraction of sp³-hybridized carbons (Fsp3) is 0.174. The lowest BCUT2D eigenvalue weighted by Crippen LogP contribution is -2.17. The molecule has 9 heteroatoms. The van der Waals surface area contributed by atoms with E-state index in [0.717, 1.165) is 5.69 Å². The predicted octanol–water partition coefficient (Wildman–Crippen LogP) is 4.06. The number of hydrogen-bond acceptors (Lipinski definition) is 6. The molecule has 0 fully saturated rings. The first-order chi connectivity index (χ1) is 15.3. The lowest BCUT2D eigenvalue weighted by Gasteiger charge is -2.13. The molecule has 9 nitrogen and oxygen atoms in total. The Bertz CT molecular complexity index is 1240. The third kappa shape index (κ3) is 4.56. The maximum atomic E-state index is 13.0. The number of carbonyl (C=O) groups excluding carboxylic acids is 2. The van der Waals surface area contributed by atoms with Crippen molar-refractivity contribution in [2.45, 2.75) is 26.2 Å². The third-order valence-corrected chi connectivity index (χ3v) is 4.59. The summed E-state index contributed by atoms with van der Waals surface area (Å²) < 4.78 is 6.60. The van der Waals surface area contributed by atoms with Crippen LogP contribution >= 0.6 is 0 Å². The molecule has 3 heterocycles. The number of nitrogens with zero attached hydrogens (tertiary/aromatic N) is 4. The molecule has 4 aromatic rings. The Morgan fingerprint density at radius 3 is 2.41 bits per heavy atom. The van der Waals surface area contributed by atoms with Crippen molar-refractivity contribution in [1.29, 1.82) is 0 Å². The van der Waals surface area contributed by atoms with Crippen LogP contribution in [0.4, 0.5) is 11.5 Å². The van der Waals surface area contributed by atoms with Crippen LogP contribution in [0.25, 0.3) is 5.95 Å². The van der Waals surface area contributed by atoms with Gasteiger partial charge in [-0.25, -0.2) is 9.97 Å². The van der Waals surface area contributed by atoms with E-state index in [1.807, 2.05) is 20.8 Å². The fourth-order valence-corrected chi connectivity index (χ4v) is 2.92. The van der Waals surface area contributed by atoms with Crippen LogP contribution in [0, 0.1) is 0 Å². The minimum atomic E-state index is -0.401. The Hall–Kier alpha value is -4.27. The molecule has 0 spiro atoms. The molecule has 0 unspecified atom stereocenters. The number of aromatic nitrogens is 4. The van der Waals surface area contributed by atoms with Gasteiger partial charge in [-0.2, -0.15) is 9.78 Å². The first-order valence-electron chi connectivity index (χ1n) is 9.95. The molecule has 0 bridgehead atoms. The molecule has 0 saturated heterocycles. The molecule has 32 heavy (non-hydrogen) atoms. The van der Waals surface area contributed by atoms with E-state index in [1.165, 1.54) is 10.9 Å². The average molecular weight is 430 g/mol. The van der Waals surface area contributed by atoms with Gasteiger partial charge in [0.05, 0.1) is 12.0 Å². The molecule has 1 aromatic carbocycles. The van der Waals surface area contributed by atoms with E-state index in [0.29, 0.717) is 23.0 Å². The van der Waals surface area contributed by atoms with Crippen LogP contribution < -0.4 is 10.6 Å². The van der Waals surface area contributed by atoms with Crippen LogP contribution in [0.2, 0.25) is 0 Å². The van der Waals surface area contributed by atoms with E-state index < -0.39 is 5.91 Å². The van der Waals surface area contributed by atoms with Gasteiger partial charge in [-0.3, -0.25) is 9.59 Å². The van der Waals surface area contributed by atoms with E-state index >= 15 is 0 Å². The summed E-state index contributed by atoms with van der Waals surface area (Å²) in [5.74, 6) is 0.202. The van der Waals surface area contributed by atoms with E-state index in [4.69, 9.17) is 4.42 Å². The molecular weight excluding hydrogens is 408 g/mol. The van der Waals surface area contributed by atoms with Crippen molar-refractivity contribution in [3.63, 3.8) is 0 Å². The first kappa shape index (κ1) is 21.0. The highest BCUT2D eigenvalue weighted by molar-refractivity contribution is 6.06. The van der Waals surface area contributed by atoms with Crippen molar-refractivity contribution >= 4 is 23.3 Å². The van der Waals surface area contributed by atoms with Gasteiger partial charge in [0.15, 0.2) is 5.76 Å². The molecular formula is C23H22N6O3. The molecule has 0 aliphatic heterocycles. The topological polar surface area (TPSA) is 115 Å². The normalized spacial score (nSPS) is 11.2. The number of nitrogens with one attached hydrogen (secondary N) is 2. The van der Waals surface area contributed by atoms with Crippen molar-refractivity contribution in [2.24, 2.45) is 0 Å². The number of furan rings is 1. The highest BCUT2D eigenvalue weighted by atomic mass is 16.3. The molecule has 3 aromatic heterocycles. The van der Waals surface area contributed by atoms with E-state index in [-0.39, 0.29) is 17.1 Å². The molecule has 2 N–H and O–H groups in total. The number of benzene rings is 1. The summed E-state index contributed by atoms with van der Waals surface area (Å²) in [4.78, 5) is 33.7. The molecule has 4 rings (SSSR count). The van der Waals surface area contributed by atoms with Crippen molar-refractivity contribution in [1.82, 2.24) is 19.7 Å². The second-order valence-corrected chi connectivity index (χ2v) is 8.09. The Morgan fingerprint density at radius 1 is 0.938 bits per heavy atom. The lowest BCUT2D eigenvalue weighted by molar-refractivity contribution is 0.0993. The van der Waals surface area contributed by atoms with Crippen LogP contribution in [0.5, 0.6) is 0 Å². The van der Waals surface area contributed by atoms with Crippen LogP contribution in [0.3, 0.4) is 0 Å². The van der Waals surface area contributed by atoms with Crippen molar-refractivity contribution in [2.75, 3.05) is 10.6 Å². The van der Waals surface area contributed by atoms with Gasteiger partial charge in [0.25, 0.3) is 17.8 Å². The second-order valence-electron chi connectivity index (χ2n) is 8.09. The molecule has 2 amide bonds. The van der Waals surface area contributed by atoms with Gasteiger partial charge < -0.3 is 15.1 Å². The standard InChI is InChI=1S/C23H22N6O3/c1-23(2,3)18-14-19(29(28-18)22-24-10-6-11-25-22)27-20(30)15-7-4-8-16(13-15)26-21(31)17-9-5-12-32-17/h4-14H,1-3H3,(H,26,31)(H,27,30). The van der Waals surface area contributed by atoms with Gasteiger partial charge in [-0.1, -0.05) is 26.8 Å². The van der Waals surface area contributed by atoms with Gasteiger partial charge in [-0.15, -0.1) is 0 Å². The minimum Gasteiger partial charge on any atom is -0.459 e. The smallest absolute Gasteiger partial charge is 0.291 e. The number of amides is 2. The number of hydrogen-bond donors (Lipinski definition) is 2. The Morgan fingerprint density at radius 2 is 1.72 bits per heavy atom. The number of rotatable bonds is 5. The quantitative estimate of drug-likeness (QED) is 0.493. The van der Waals surface area contributed by atoms with Crippen LogP contribution in [-0.2, 0) is 5.41 Å². The maximum absolute atomic E-state index is 13.0. The average Bonchev–Trinajstić information content (AvgIpc) is 3.45. The van der Waals surface area contributed by atoms with Gasteiger partial charge in [0, 0.05) is 35.1 Å². The summed E-state index contributed by atoms with van der Waals surface area (Å²) in [6.07, 6.45) is 4.64. The lowest BCUT2D eigenvalue weighted by atomic mass is 9.92. The Kier molecular flexibility index (Phi) is 5.55. The summed E-state index contributed by atoms with van der Waals surface area (Å²) in [6, 6.07) is 13.3. The summed E-state index contributed by atoms with van der Waals surface area (Å²) in [7, 11) is 0. The zero-order chi connectivity index (χ0) is 22.7. The van der Waals surface area contributed by atoms with E-state index in [1.54, 1.807) is 60.9 Å². The highest BCUT2D eigenvalue weighted by Gasteiger charge is 2.22. The van der Waals surface area contributed by atoms with Crippen LogP contribution in [-0.4, -0.2) is 31.6 Å². The van der Waals surface area contributed by atoms with Crippen molar-refractivity contribution in [3.8, 4) is 5.95 Å². The van der Waals surface area contributed by atoms with Gasteiger partial charge in [-0.05, 0) is 36.4 Å². The molecule has 0 aliphatic rings. The van der Waals surface area contributed by atoms with Gasteiger partial charge >= 0.3 is 0 Å². The summed E-state index contributed by atoms with van der Waals surface area (Å²) in [5, 5.41) is 10.2. The number of carbonyl (C=O) groups is 2. The van der Waals surface area contributed by atoms with Gasteiger partial charge in [0.1, 0.15) is 5.82 Å². The molecule has 0 atom stereocenters. The Labute approximate surface area is 184 Å². The third-order valence-electron chi connectivity index (χ3n) is 4.59. The predicted molar refractivity (Wildman–Crippen MR) is 119 cm³/mol. The van der Waals surface area contributed by atoms with Gasteiger partial charge in [0.2, 0.25) is 0 Å². The van der Waals surface area contributed by atoms with Crippen molar-refractivity contribution in [3.05, 3.63) is 84.2 Å². The minimum absolute atomic E-state index is 0.182. The van der Waals surface area contributed by atoms with Crippen LogP contribution in [0.1, 0.15) is 47.4 Å². The van der Waals surface area contributed by atoms with E-state index in [2.05, 4.69) is 25.7 Å². The first-order valence-corrected chi connectivity index (χ1v) is 9.95. The fourth-order valence-electron chi connectivity index (χ4n) is 2.92. The molecule has 0 radical (unpaired) electrons. The van der Waals surface area contributed by atoms with Crippen molar-refractivity contribution < 1.29 is 14.0 Å².